The number of carboxylic acid groups (broad SMARTS) is 1. The van der Waals surface area contributed by atoms with Gasteiger partial charge in [-0.2, -0.15) is 0 Å². The Balaban J connectivity index is 1.69. The second kappa shape index (κ2) is 2.50. The van der Waals surface area contributed by atoms with Gasteiger partial charge in [-0.25, -0.2) is 4.98 Å². The summed E-state index contributed by atoms with van der Waals surface area (Å²) in [4.78, 5) is 20.0. The van der Waals surface area contributed by atoms with Crippen molar-refractivity contribution in [1.82, 2.24) is 9.97 Å². The molecular formula is C9H11N3O2. The number of aliphatic carboxylic acids is 1. The lowest BCUT2D eigenvalue weighted by Crippen LogP contribution is -2.26. The van der Waals surface area contributed by atoms with Crippen LogP contribution in [0, 0.1) is 17.8 Å². The minimum absolute atomic E-state index is 0.0961. The lowest BCUT2D eigenvalue weighted by Gasteiger charge is -2.17. The molecule has 2 aliphatic rings. The van der Waals surface area contributed by atoms with E-state index in [4.69, 9.17) is 5.11 Å². The molecule has 0 aromatic carbocycles. The molecule has 1 aliphatic carbocycles. The van der Waals surface area contributed by atoms with Crippen molar-refractivity contribution >= 4 is 11.9 Å². The van der Waals surface area contributed by atoms with Gasteiger partial charge >= 0.3 is 5.97 Å². The first-order valence-electron chi connectivity index (χ1n) is 4.74. The van der Waals surface area contributed by atoms with Crippen LogP contribution in [0.4, 0.5) is 5.95 Å². The van der Waals surface area contributed by atoms with E-state index in [-0.39, 0.29) is 5.92 Å². The number of carboxylic acids is 1. The molecule has 5 heteroatoms. The highest BCUT2D eigenvalue weighted by molar-refractivity contribution is 5.75. The van der Waals surface area contributed by atoms with E-state index in [0.29, 0.717) is 11.8 Å². The number of hydrogen-bond donors (Lipinski definition) is 2. The lowest BCUT2D eigenvalue weighted by atomic mass is 10.3. The van der Waals surface area contributed by atoms with E-state index in [1.165, 1.54) is 0 Å². The van der Waals surface area contributed by atoms with Crippen LogP contribution >= 0.6 is 0 Å². The second-order valence-corrected chi connectivity index (χ2v) is 4.01. The number of aromatic amines is 1. The molecule has 0 radical (unpaired) electrons. The van der Waals surface area contributed by atoms with E-state index in [2.05, 4.69) is 14.9 Å². The zero-order valence-corrected chi connectivity index (χ0v) is 7.55. The molecule has 2 N–H and O–H groups in total. The van der Waals surface area contributed by atoms with Crippen LogP contribution in [0.15, 0.2) is 12.4 Å². The molecular weight excluding hydrogens is 182 g/mol. The summed E-state index contributed by atoms with van der Waals surface area (Å²) in [6, 6.07) is 0. The quantitative estimate of drug-likeness (QED) is 0.702. The van der Waals surface area contributed by atoms with Gasteiger partial charge in [0, 0.05) is 25.5 Å². The van der Waals surface area contributed by atoms with Crippen LogP contribution in [-0.2, 0) is 4.79 Å². The first kappa shape index (κ1) is 7.84. The molecule has 1 saturated heterocycles. The number of hydrogen-bond acceptors (Lipinski definition) is 3. The first-order valence-corrected chi connectivity index (χ1v) is 4.74. The maximum Gasteiger partial charge on any atom is 0.307 e. The van der Waals surface area contributed by atoms with E-state index in [0.717, 1.165) is 19.0 Å². The fraction of sp³-hybridized carbons (Fsp3) is 0.556. The Labute approximate surface area is 80.8 Å². The van der Waals surface area contributed by atoms with Crippen LogP contribution in [0.25, 0.3) is 0 Å². The van der Waals surface area contributed by atoms with Gasteiger partial charge in [-0.3, -0.25) is 4.79 Å². The molecule has 0 spiro atoms. The SMILES string of the molecule is O=C(O)C1C2CN(c3ncc[nH]3)CC21. The molecule has 2 fully saturated rings. The first-order chi connectivity index (χ1) is 6.77. The maximum absolute atomic E-state index is 10.7. The largest absolute Gasteiger partial charge is 0.481 e. The second-order valence-electron chi connectivity index (χ2n) is 4.01. The summed E-state index contributed by atoms with van der Waals surface area (Å²) in [5, 5.41) is 8.83. The van der Waals surface area contributed by atoms with Gasteiger partial charge in [-0.05, 0) is 11.8 Å². The van der Waals surface area contributed by atoms with Crippen LogP contribution < -0.4 is 4.90 Å². The predicted molar refractivity (Wildman–Crippen MR) is 48.9 cm³/mol. The summed E-state index contributed by atoms with van der Waals surface area (Å²) in [6.45, 7) is 1.66. The molecule has 1 aromatic rings. The lowest BCUT2D eigenvalue weighted by molar-refractivity contribution is -0.139. The Kier molecular flexibility index (Phi) is 1.40. The van der Waals surface area contributed by atoms with Crippen LogP contribution in [0.2, 0.25) is 0 Å². The van der Waals surface area contributed by atoms with E-state index in [9.17, 15) is 4.79 Å². The average molecular weight is 193 g/mol. The number of nitrogens with one attached hydrogen (secondary N) is 1. The van der Waals surface area contributed by atoms with E-state index < -0.39 is 5.97 Å². The fourth-order valence-electron chi connectivity index (χ4n) is 2.50. The summed E-state index contributed by atoms with van der Waals surface area (Å²) in [7, 11) is 0. The van der Waals surface area contributed by atoms with Crippen LogP contribution in [0.1, 0.15) is 0 Å². The van der Waals surface area contributed by atoms with Crippen LogP contribution in [-0.4, -0.2) is 34.1 Å². The van der Waals surface area contributed by atoms with Crippen molar-refractivity contribution in [1.29, 1.82) is 0 Å². The summed E-state index contributed by atoms with van der Waals surface area (Å²) in [5.41, 5.74) is 0. The molecule has 1 aromatic heterocycles. The summed E-state index contributed by atoms with van der Waals surface area (Å²) < 4.78 is 0. The Morgan fingerprint density at radius 1 is 1.57 bits per heavy atom. The number of rotatable bonds is 2. The molecule has 0 bridgehead atoms. The Bertz CT molecular complexity index is 350. The zero-order valence-electron chi connectivity index (χ0n) is 7.55. The molecule has 3 rings (SSSR count). The smallest absolute Gasteiger partial charge is 0.307 e. The van der Waals surface area contributed by atoms with Gasteiger partial charge in [0.2, 0.25) is 5.95 Å². The topological polar surface area (TPSA) is 69.2 Å². The number of fused-ring (bicyclic) bond motifs is 1. The molecule has 5 nitrogen and oxygen atoms in total. The van der Waals surface area contributed by atoms with E-state index >= 15 is 0 Å². The highest BCUT2D eigenvalue weighted by Crippen LogP contribution is 2.52. The molecule has 2 unspecified atom stereocenters. The van der Waals surface area contributed by atoms with Gasteiger partial charge in [0.25, 0.3) is 0 Å². The normalized spacial score (nSPS) is 34.3. The van der Waals surface area contributed by atoms with Gasteiger partial charge < -0.3 is 15.0 Å². The van der Waals surface area contributed by atoms with Gasteiger partial charge in [-0.15, -0.1) is 0 Å². The van der Waals surface area contributed by atoms with E-state index in [1.54, 1.807) is 12.4 Å². The number of H-pyrrole nitrogens is 1. The number of imidazole rings is 1. The monoisotopic (exact) mass is 193 g/mol. The van der Waals surface area contributed by atoms with Crippen molar-refractivity contribution in [3.63, 3.8) is 0 Å². The third-order valence-corrected chi connectivity index (χ3v) is 3.26. The van der Waals surface area contributed by atoms with Gasteiger partial charge in [0.15, 0.2) is 0 Å². The number of carbonyl (C=O) groups is 1. The Morgan fingerprint density at radius 2 is 2.29 bits per heavy atom. The van der Waals surface area contributed by atoms with Crippen LogP contribution in [0.3, 0.4) is 0 Å². The molecule has 14 heavy (non-hydrogen) atoms. The van der Waals surface area contributed by atoms with Crippen molar-refractivity contribution in [2.24, 2.45) is 17.8 Å². The Hall–Kier alpha value is -1.52. The third kappa shape index (κ3) is 0.950. The standard InChI is InChI=1S/C9H11N3O2/c13-8(14)7-5-3-12(4-6(5)7)9-10-1-2-11-9/h1-2,5-7H,3-4H2,(H,10,11)(H,13,14). The van der Waals surface area contributed by atoms with Crippen LogP contribution in [0.5, 0.6) is 0 Å². The number of anilines is 1. The van der Waals surface area contributed by atoms with E-state index in [1.807, 2.05) is 0 Å². The molecule has 74 valence electrons. The highest BCUT2D eigenvalue weighted by atomic mass is 16.4. The van der Waals surface area contributed by atoms with Crippen molar-refractivity contribution in [2.45, 2.75) is 0 Å². The van der Waals surface area contributed by atoms with Crippen molar-refractivity contribution in [3.8, 4) is 0 Å². The van der Waals surface area contributed by atoms with Crippen molar-refractivity contribution in [3.05, 3.63) is 12.4 Å². The summed E-state index contributed by atoms with van der Waals surface area (Å²) in [6.07, 6.45) is 3.50. The van der Waals surface area contributed by atoms with Crippen molar-refractivity contribution in [2.75, 3.05) is 18.0 Å². The fourth-order valence-corrected chi connectivity index (χ4v) is 2.50. The minimum atomic E-state index is -0.640. The summed E-state index contributed by atoms with van der Waals surface area (Å²) in [5.74, 6) is 0.817. The number of nitrogens with zero attached hydrogens (tertiary/aromatic N) is 2. The Morgan fingerprint density at radius 3 is 2.79 bits per heavy atom. The molecule has 2 heterocycles. The highest BCUT2D eigenvalue weighted by Gasteiger charge is 2.60. The number of piperidine rings is 1. The predicted octanol–water partition coefficient (Wildman–Crippen LogP) is 0.176. The zero-order chi connectivity index (χ0) is 9.71. The third-order valence-electron chi connectivity index (χ3n) is 3.26. The summed E-state index contributed by atoms with van der Waals surface area (Å²) >= 11 is 0. The van der Waals surface area contributed by atoms with Gasteiger partial charge in [0.05, 0.1) is 5.92 Å². The molecule has 1 aliphatic heterocycles. The van der Waals surface area contributed by atoms with Crippen molar-refractivity contribution < 1.29 is 9.90 Å². The maximum atomic E-state index is 10.7. The molecule has 2 atom stereocenters. The van der Waals surface area contributed by atoms with Gasteiger partial charge in [0.1, 0.15) is 0 Å². The van der Waals surface area contributed by atoms with Gasteiger partial charge in [-0.1, -0.05) is 0 Å². The molecule has 1 saturated carbocycles. The average Bonchev–Trinajstić information content (AvgIpc) is 2.62. The minimum Gasteiger partial charge on any atom is -0.481 e. The number of aromatic nitrogens is 2. The molecule has 0 amide bonds.